The van der Waals surface area contributed by atoms with Gasteiger partial charge in [-0.25, -0.2) is 4.98 Å². The van der Waals surface area contributed by atoms with Gasteiger partial charge in [-0.05, 0) is 25.1 Å². The zero-order valence-corrected chi connectivity index (χ0v) is 16.5. The molecule has 0 spiro atoms. The average molecular weight is 396 g/mol. The van der Waals surface area contributed by atoms with Gasteiger partial charge in [-0.2, -0.15) is 10.5 Å². The molecular weight excluding hydrogens is 380 g/mol. The summed E-state index contributed by atoms with van der Waals surface area (Å²) in [7, 11) is 0. The maximum atomic E-state index is 9.23. The van der Waals surface area contributed by atoms with E-state index in [0.717, 1.165) is 39.7 Å². The number of allylic oxidation sites excluding steroid dienone is 1. The van der Waals surface area contributed by atoms with Gasteiger partial charge in [0, 0.05) is 18.2 Å². The maximum Gasteiger partial charge on any atom is 0.200 e. The van der Waals surface area contributed by atoms with Crippen molar-refractivity contribution in [1.29, 1.82) is 10.5 Å². The first-order valence-electron chi connectivity index (χ1n) is 9.08. The van der Waals surface area contributed by atoms with E-state index in [1.807, 2.05) is 78.9 Å². The zero-order chi connectivity index (χ0) is 20.2. The molecule has 29 heavy (non-hydrogen) atoms. The Morgan fingerprint density at radius 1 is 1.07 bits per heavy atom. The van der Waals surface area contributed by atoms with Crippen molar-refractivity contribution in [3.8, 4) is 29.1 Å². The van der Waals surface area contributed by atoms with E-state index in [9.17, 15) is 10.5 Å². The molecule has 2 heterocycles. The van der Waals surface area contributed by atoms with E-state index in [1.54, 1.807) is 0 Å². The van der Waals surface area contributed by atoms with Crippen molar-refractivity contribution in [2.45, 2.75) is 6.92 Å². The van der Waals surface area contributed by atoms with E-state index in [2.05, 4.69) is 16.8 Å². The van der Waals surface area contributed by atoms with Gasteiger partial charge in [-0.15, -0.1) is 11.3 Å². The highest BCUT2D eigenvalue weighted by Crippen LogP contribution is 2.38. The fraction of sp³-hybridized carbons (Fsp3) is 0.0870. The molecule has 5 nitrogen and oxygen atoms in total. The lowest BCUT2D eigenvalue weighted by atomic mass is 10.1. The van der Waals surface area contributed by atoms with Crippen LogP contribution in [0.3, 0.4) is 0 Å². The quantitative estimate of drug-likeness (QED) is 0.677. The van der Waals surface area contributed by atoms with Gasteiger partial charge in [0.15, 0.2) is 11.3 Å². The number of rotatable bonds is 3. The van der Waals surface area contributed by atoms with Gasteiger partial charge in [0.1, 0.15) is 16.8 Å². The van der Waals surface area contributed by atoms with Crippen LogP contribution in [0.5, 0.6) is 5.75 Å². The summed E-state index contributed by atoms with van der Waals surface area (Å²) >= 11 is 1.32. The molecule has 4 rings (SSSR count). The third kappa shape index (κ3) is 3.50. The molecule has 0 N–H and O–H groups in total. The Hall–Kier alpha value is -3.87. The molecular formula is C23H16N4OS. The van der Waals surface area contributed by atoms with E-state index in [-0.39, 0.29) is 5.57 Å². The predicted molar refractivity (Wildman–Crippen MR) is 114 cm³/mol. The summed E-state index contributed by atoms with van der Waals surface area (Å²) in [6, 6.07) is 21.5. The monoisotopic (exact) mass is 396 g/mol. The number of benzene rings is 2. The number of thiazole rings is 1. The Morgan fingerprint density at radius 3 is 2.52 bits per heavy atom. The van der Waals surface area contributed by atoms with Crippen LogP contribution in [0.4, 0.5) is 5.69 Å². The smallest absolute Gasteiger partial charge is 0.200 e. The number of para-hydroxylation sites is 2. The summed E-state index contributed by atoms with van der Waals surface area (Å²) in [6.45, 7) is 2.84. The zero-order valence-electron chi connectivity index (χ0n) is 15.7. The van der Waals surface area contributed by atoms with Crippen LogP contribution in [-0.2, 0) is 0 Å². The second-order valence-electron chi connectivity index (χ2n) is 6.18. The van der Waals surface area contributed by atoms with Gasteiger partial charge < -0.3 is 9.64 Å². The molecule has 0 radical (unpaired) electrons. The van der Waals surface area contributed by atoms with E-state index >= 15 is 0 Å². The fourth-order valence-corrected chi connectivity index (χ4v) is 4.06. The molecule has 3 aromatic rings. The van der Waals surface area contributed by atoms with Crippen LogP contribution in [0.15, 0.2) is 66.6 Å². The Bertz CT molecular complexity index is 1280. The number of hydrogen-bond donors (Lipinski definition) is 0. The van der Waals surface area contributed by atoms with Gasteiger partial charge in [0.05, 0.1) is 15.9 Å². The Morgan fingerprint density at radius 2 is 1.79 bits per heavy atom. The molecule has 0 aliphatic carbocycles. The normalized spacial score (nSPS) is 14.2. The van der Waals surface area contributed by atoms with E-state index < -0.39 is 0 Å². The minimum atomic E-state index is 0.0131. The van der Waals surface area contributed by atoms with Gasteiger partial charge in [-0.3, -0.25) is 0 Å². The van der Waals surface area contributed by atoms with Crippen LogP contribution in [0.2, 0.25) is 0 Å². The third-order valence-electron chi connectivity index (χ3n) is 4.47. The SMILES string of the molecule is CCN1/C(=C\C=c2\sc(=C(C#N)C#N)nc2-c2ccccc2)Oc2ccccc21. The predicted octanol–water partition coefficient (Wildman–Crippen LogP) is 3.55. The van der Waals surface area contributed by atoms with E-state index in [4.69, 9.17) is 4.74 Å². The standard InChI is InChI=1S/C23H16N4OS/c1-2-27-18-10-6-7-11-19(18)28-21(27)13-12-20-22(16-8-4-3-5-9-16)26-23(29-20)17(14-24)15-25/h3-13H,2H2,1H3/b20-12+,21-13+. The molecule has 0 fully saturated rings. The topological polar surface area (TPSA) is 72.9 Å². The number of nitrogens with zero attached hydrogens (tertiary/aromatic N) is 4. The van der Waals surface area contributed by atoms with Gasteiger partial charge >= 0.3 is 0 Å². The highest BCUT2D eigenvalue weighted by atomic mass is 32.1. The van der Waals surface area contributed by atoms with Crippen LogP contribution in [0.1, 0.15) is 6.92 Å². The summed E-state index contributed by atoms with van der Waals surface area (Å²) in [4.78, 5) is 6.66. The Labute approximate surface area is 172 Å². The molecule has 1 aliphatic rings. The molecule has 0 atom stereocenters. The molecule has 6 heteroatoms. The second kappa shape index (κ2) is 8.02. The summed E-state index contributed by atoms with van der Waals surface area (Å²) in [5.74, 6) is 1.55. The van der Waals surface area contributed by atoms with Crippen LogP contribution in [-0.4, -0.2) is 11.5 Å². The number of nitriles is 2. The van der Waals surface area contributed by atoms with Crippen molar-refractivity contribution in [3.05, 3.63) is 75.8 Å². The van der Waals surface area contributed by atoms with Gasteiger partial charge in [0.25, 0.3) is 0 Å². The van der Waals surface area contributed by atoms with Crippen molar-refractivity contribution in [3.63, 3.8) is 0 Å². The second-order valence-corrected chi connectivity index (χ2v) is 7.21. The number of hydrogen-bond acceptors (Lipinski definition) is 6. The summed E-state index contributed by atoms with van der Waals surface area (Å²) in [5, 5.41) is 18.5. The molecule has 1 aromatic heterocycles. The minimum absolute atomic E-state index is 0.0131. The van der Waals surface area contributed by atoms with Crippen LogP contribution < -0.4 is 18.8 Å². The Balaban J connectivity index is 1.86. The number of aromatic nitrogens is 1. The summed E-state index contributed by atoms with van der Waals surface area (Å²) in [5.41, 5.74) is 2.72. The molecule has 140 valence electrons. The first-order chi connectivity index (χ1) is 14.2. The van der Waals surface area contributed by atoms with E-state index in [1.165, 1.54) is 11.3 Å². The number of ether oxygens (including phenoxy) is 1. The lowest BCUT2D eigenvalue weighted by Crippen LogP contribution is -2.19. The lowest BCUT2D eigenvalue weighted by molar-refractivity contribution is 0.440. The fourth-order valence-electron chi connectivity index (χ4n) is 3.13. The van der Waals surface area contributed by atoms with E-state index in [0.29, 0.717) is 4.66 Å². The maximum absolute atomic E-state index is 9.23. The van der Waals surface area contributed by atoms with Crippen molar-refractivity contribution in [2.24, 2.45) is 0 Å². The van der Waals surface area contributed by atoms with Crippen molar-refractivity contribution in [1.82, 2.24) is 4.98 Å². The molecule has 0 unspecified atom stereocenters. The minimum Gasteiger partial charge on any atom is -0.439 e. The van der Waals surface area contributed by atoms with Gasteiger partial charge in [-0.1, -0.05) is 42.5 Å². The summed E-state index contributed by atoms with van der Waals surface area (Å²) < 4.78 is 7.28. The Kier molecular flexibility index (Phi) is 5.11. The highest BCUT2D eigenvalue weighted by Gasteiger charge is 2.23. The first-order valence-corrected chi connectivity index (χ1v) is 9.90. The number of anilines is 1. The van der Waals surface area contributed by atoms with Crippen molar-refractivity contribution >= 4 is 28.7 Å². The summed E-state index contributed by atoms with van der Waals surface area (Å²) in [6.07, 6.45) is 3.84. The average Bonchev–Trinajstić information content (AvgIpc) is 3.35. The third-order valence-corrected chi connectivity index (χ3v) is 5.51. The first kappa shape index (κ1) is 18.5. The van der Waals surface area contributed by atoms with Crippen LogP contribution >= 0.6 is 11.3 Å². The van der Waals surface area contributed by atoms with Gasteiger partial charge in [0.2, 0.25) is 5.88 Å². The molecule has 0 saturated carbocycles. The largest absolute Gasteiger partial charge is 0.439 e. The molecule has 0 saturated heterocycles. The molecule has 0 bridgehead atoms. The van der Waals surface area contributed by atoms with Crippen LogP contribution in [0.25, 0.3) is 22.9 Å². The molecule has 0 amide bonds. The van der Waals surface area contributed by atoms with Crippen LogP contribution in [0, 0.1) is 22.7 Å². The van der Waals surface area contributed by atoms with Crippen molar-refractivity contribution < 1.29 is 4.74 Å². The highest BCUT2D eigenvalue weighted by molar-refractivity contribution is 7.08. The molecule has 2 aromatic carbocycles. The molecule has 1 aliphatic heterocycles. The lowest BCUT2D eigenvalue weighted by Gasteiger charge is -2.14. The van der Waals surface area contributed by atoms with Crippen molar-refractivity contribution in [2.75, 3.05) is 11.4 Å². The number of fused-ring (bicyclic) bond motifs is 1.